The minimum absolute atomic E-state index is 0.0621. The van der Waals surface area contributed by atoms with Crippen molar-refractivity contribution in [2.75, 3.05) is 19.7 Å². The molecule has 0 amide bonds. The average Bonchev–Trinajstić information content (AvgIpc) is 2.62. The second-order valence-corrected chi connectivity index (χ2v) is 8.20. The van der Waals surface area contributed by atoms with Gasteiger partial charge in [-0.2, -0.15) is 12.7 Å². The van der Waals surface area contributed by atoms with Crippen molar-refractivity contribution in [1.82, 2.24) is 4.31 Å². The quantitative estimate of drug-likeness (QED) is 0.425. The predicted octanol–water partition coefficient (Wildman–Crippen LogP) is 4.53. The van der Waals surface area contributed by atoms with Gasteiger partial charge in [0.15, 0.2) is 0 Å². The Morgan fingerprint density at radius 2 is 1.38 bits per heavy atom. The van der Waals surface area contributed by atoms with Gasteiger partial charge < -0.3 is 9.29 Å². The first-order valence-electron chi connectivity index (χ1n) is 9.95. The summed E-state index contributed by atoms with van der Waals surface area (Å²) in [5.74, 6) is 0.290. The molecule has 0 aliphatic rings. The molecule has 0 fully saturated rings. The summed E-state index contributed by atoms with van der Waals surface area (Å²) in [7, 11) is -3.87. The zero-order chi connectivity index (χ0) is 19.1. The van der Waals surface area contributed by atoms with E-state index in [-0.39, 0.29) is 13.2 Å². The highest BCUT2D eigenvalue weighted by Crippen LogP contribution is 2.16. The molecule has 0 aliphatic heterocycles. The number of rotatable bonds is 16. The molecule has 0 unspecified atom stereocenters. The lowest BCUT2D eigenvalue weighted by atomic mass is 10.1. The smallest absolute Gasteiger partial charge is 0.385 e. The van der Waals surface area contributed by atoms with E-state index in [4.69, 9.17) is 9.29 Å². The number of para-hydroxylation sites is 1. The maximum atomic E-state index is 12.4. The Kier molecular flexibility index (Phi) is 12.4. The van der Waals surface area contributed by atoms with Crippen molar-refractivity contribution in [2.45, 2.75) is 71.1 Å². The molecule has 1 N–H and O–H groups in total. The summed E-state index contributed by atoms with van der Waals surface area (Å²) in [4.78, 5) is 0. The van der Waals surface area contributed by atoms with Gasteiger partial charge in [0.1, 0.15) is 5.75 Å². The second-order valence-electron chi connectivity index (χ2n) is 6.66. The van der Waals surface area contributed by atoms with Crippen molar-refractivity contribution < 1.29 is 17.7 Å². The molecular formula is C20H35NO4S. The van der Waals surface area contributed by atoms with E-state index in [0.29, 0.717) is 12.3 Å². The second kappa shape index (κ2) is 14.0. The zero-order valence-corrected chi connectivity index (χ0v) is 16.9. The highest BCUT2D eigenvalue weighted by molar-refractivity contribution is 7.84. The van der Waals surface area contributed by atoms with Gasteiger partial charge in [0, 0.05) is 13.1 Å². The van der Waals surface area contributed by atoms with E-state index in [1.807, 2.05) is 0 Å². The number of hydrogen-bond donors (Lipinski definition) is 1. The Morgan fingerprint density at radius 3 is 1.92 bits per heavy atom. The molecule has 6 heteroatoms. The van der Waals surface area contributed by atoms with E-state index in [2.05, 4.69) is 6.92 Å². The Balaban J connectivity index is 2.26. The Bertz CT molecular complexity index is 548. The third kappa shape index (κ3) is 10.1. The monoisotopic (exact) mass is 385 g/mol. The maximum Gasteiger partial charge on any atom is 0.385 e. The molecule has 5 nitrogen and oxygen atoms in total. The maximum absolute atomic E-state index is 12.4. The molecule has 1 rings (SSSR count). The molecule has 0 bridgehead atoms. The summed E-state index contributed by atoms with van der Waals surface area (Å²) in [6.07, 6.45) is 12.0. The largest absolute Gasteiger partial charge is 0.395 e. The fraction of sp³-hybridized carbons (Fsp3) is 0.700. The van der Waals surface area contributed by atoms with E-state index in [9.17, 15) is 8.42 Å². The van der Waals surface area contributed by atoms with Crippen molar-refractivity contribution in [3.8, 4) is 5.75 Å². The number of unbranched alkanes of at least 4 members (excludes halogenated alkanes) is 9. The lowest BCUT2D eigenvalue weighted by Crippen LogP contribution is -2.37. The standard InChI is InChI=1S/C20H35NO4S/c1-2-3-4-5-6-7-8-9-10-14-17-21(18-19-22)26(23,24)25-20-15-12-11-13-16-20/h11-13,15-16,22H,2-10,14,17-19H2,1H3. The summed E-state index contributed by atoms with van der Waals surface area (Å²) in [6, 6.07) is 8.46. The molecule has 0 aromatic heterocycles. The van der Waals surface area contributed by atoms with Gasteiger partial charge in [-0.3, -0.25) is 0 Å². The van der Waals surface area contributed by atoms with Crippen LogP contribution >= 0.6 is 0 Å². The Morgan fingerprint density at radius 1 is 0.846 bits per heavy atom. The van der Waals surface area contributed by atoms with Gasteiger partial charge in [-0.15, -0.1) is 0 Å². The van der Waals surface area contributed by atoms with Crippen LogP contribution in [0.15, 0.2) is 30.3 Å². The van der Waals surface area contributed by atoms with Crippen LogP contribution in [0.25, 0.3) is 0 Å². The third-order valence-electron chi connectivity index (χ3n) is 4.37. The fourth-order valence-electron chi connectivity index (χ4n) is 2.87. The van der Waals surface area contributed by atoms with E-state index < -0.39 is 10.3 Å². The van der Waals surface area contributed by atoms with Gasteiger partial charge in [0.2, 0.25) is 0 Å². The van der Waals surface area contributed by atoms with Crippen molar-refractivity contribution in [3.63, 3.8) is 0 Å². The summed E-state index contributed by atoms with van der Waals surface area (Å²) in [5, 5.41) is 9.17. The third-order valence-corrected chi connectivity index (χ3v) is 5.77. The summed E-state index contributed by atoms with van der Waals surface area (Å²) < 4.78 is 31.1. The number of nitrogens with zero attached hydrogens (tertiary/aromatic N) is 1. The number of aliphatic hydroxyl groups excluding tert-OH is 1. The predicted molar refractivity (Wildman–Crippen MR) is 106 cm³/mol. The minimum Gasteiger partial charge on any atom is -0.395 e. The van der Waals surface area contributed by atoms with E-state index in [1.54, 1.807) is 30.3 Å². The van der Waals surface area contributed by atoms with Crippen LogP contribution in [0.5, 0.6) is 5.75 Å². The molecule has 0 atom stereocenters. The average molecular weight is 386 g/mol. The molecule has 0 saturated carbocycles. The first-order valence-corrected chi connectivity index (χ1v) is 11.3. The lowest BCUT2D eigenvalue weighted by Gasteiger charge is -2.20. The summed E-state index contributed by atoms with van der Waals surface area (Å²) >= 11 is 0. The SMILES string of the molecule is CCCCCCCCCCCCN(CCO)S(=O)(=O)Oc1ccccc1. The van der Waals surface area contributed by atoms with E-state index in [0.717, 1.165) is 19.3 Å². The fourth-order valence-corrected chi connectivity index (χ4v) is 3.99. The van der Waals surface area contributed by atoms with Crippen LogP contribution in [-0.2, 0) is 10.3 Å². The van der Waals surface area contributed by atoms with Crippen molar-refractivity contribution >= 4 is 10.3 Å². The molecule has 0 aliphatic carbocycles. The first kappa shape index (κ1) is 22.9. The van der Waals surface area contributed by atoms with Gasteiger partial charge >= 0.3 is 10.3 Å². The van der Waals surface area contributed by atoms with Gasteiger partial charge in [-0.05, 0) is 18.6 Å². The summed E-state index contributed by atoms with van der Waals surface area (Å²) in [6.45, 7) is 2.46. The summed E-state index contributed by atoms with van der Waals surface area (Å²) in [5.41, 5.74) is 0. The lowest BCUT2D eigenvalue weighted by molar-refractivity contribution is 0.242. The van der Waals surface area contributed by atoms with Crippen molar-refractivity contribution in [1.29, 1.82) is 0 Å². The van der Waals surface area contributed by atoms with E-state index in [1.165, 1.54) is 49.3 Å². The first-order chi connectivity index (χ1) is 12.6. The van der Waals surface area contributed by atoms with Crippen molar-refractivity contribution in [3.05, 3.63) is 30.3 Å². The topological polar surface area (TPSA) is 66.8 Å². The Labute approximate surface area is 159 Å². The number of hydrogen-bond acceptors (Lipinski definition) is 4. The zero-order valence-electron chi connectivity index (χ0n) is 16.1. The molecular weight excluding hydrogens is 350 g/mol. The number of benzene rings is 1. The van der Waals surface area contributed by atoms with Crippen LogP contribution in [0, 0.1) is 0 Å². The number of aliphatic hydroxyl groups is 1. The molecule has 1 aromatic rings. The van der Waals surface area contributed by atoms with Crippen LogP contribution in [0.1, 0.15) is 71.1 Å². The van der Waals surface area contributed by atoms with Gasteiger partial charge in [0.25, 0.3) is 0 Å². The highest BCUT2D eigenvalue weighted by Gasteiger charge is 2.23. The van der Waals surface area contributed by atoms with Crippen LogP contribution in [0.2, 0.25) is 0 Å². The molecule has 26 heavy (non-hydrogen) atoms. The van der Waals surface area contributed by atoms with Crippen LogP contribution in [0.4, 0.5) is 0 Å². The molecule has 0 spiro atoms. The van der Waals surface area contributed by atoms with Crippen LogP contribution in [-0.4, -0.2) is 37.5 Å². The molecule has 0 heterocycles. The normalized spacial score (nSPS) is 11.8. The van der Waals surface area contributed by atoms with Crippen LogP contribution < -0.4 is 4.18 Å². The van der Waals surface area contributed by atoms with Gasteiger partial charge in [-0.1, -0.05) is 82.9 Å². The van der Waals surface area contributed by atoms with Crippen LogP contribution in [0.3, 0.4) is 0 Å². The highest BCUT2D eigenvalue weighted by atomic mass is 32.2. The molecule has 0 radical (unpaired) electrons. The molecule has 1 aromatic carbocycles. The molecule has 150 valence electrons. The van der Waals surface area contributed by atoms with Gasteiger partial charge in [-0.25, -0.2) is 0 Å². The van der Waals surface area contributed by atoms with Crippen molar-refractivity contribution in [2.24, 2.45) is 0 Å². The van der Waals surface area contributed by atoms with Gasteiger partial charge in [0.05, 0.1) is 6.61 Å². The Hall–Kier alpha value is -1.11. The van der Waals surface area contributed by atoms with E-state index >= 15 is 0 Å². The minimum atomic E-state index is -3.87. The molecule has 0 saturated heterocycles.